The number of alkyl halides is 3. The van der Waals surface area contributed by atoms with Gasteiger partial charge in [0.25, 0.3) is 0 Å². The lowest BCUT2D eigenvalue weighted by molar-refractivity contribution is -0.137. The molecule has 0 aliphatic rings. The summed E-state index contributed by atoms with van der Waals surface area (Å²) in [7, 11) is 0. The zero-order chi connectivity index (χ0) is 11.6. The second kappa shape index (κ2) is 4.41. The van der Waals surface area contributed by atoms with E-state index in [-0.39, 0.29) is 5.56 Å². The number of hydrogen-bond acceptors (Lipinski definition) is 1. The van der Waals surface area contributed by atoms with E-state index in [1.807, 2.05) is 0 Å². The normalized spacial score (nSPS) is 14.0. The molecule has 5 heteroatoms. The molecule has 0 fully saturated rings. The summed E-state index contributed by atoms with van der Waals surface area (Å²) >= 11 is 5.59. The van der Waals surface area contributed by atoms with Crippen molar-refractivity contribution in [3.8, 4) is 0 Å². The minimum absolute atomic E-state index is 0.119. The van der Waals surface area contributed by atoms with E-state index in [1.54, 1.807) is 6.92 Å². The summed E-state index contributed by atoms with van der Waals surface area (Å²) in [5.74, 6) is 0. The summed E-state index contributed by atoms with van der Waals surface area (Å²) < 4.78 is 37.3. The summed E-state index contributed by atoms with van der Waals surface area (Å²) in [6.07, 6.45) is -5.12. The highest BCUT2D eigenvalue weighted by Crippen LogP contribution is 2.38. The molecule has 1 rings (SSSR count). The van der Waals surface area contributed by atoms with Crippen LogP contribution in [-0.4, -0.2) is 5.11 Å². The third kappa shape index (κ3) is 2.63. The molecule has 1 N–H and O–H groups in total. The van der Waals surface area contributed by atoms with Gasteiger partial charge in [0.15, 0.2) is 0 Å². The lowest BCUT2D eigenvalue weighted by Crippen LogP contribution is -2.08. The van der Waals surface area contributed by atoms with Crippen LogP contribution in [0.3, 0.4) is 0 Å². The van der Waals surface area contributed by atoms with Gasteiger partial charge in [0, 0.05) is 0 Å². The Morgan fingerprint density at radius 2 is 2.00 bits per heavy atom. The van der Waals surface area contributed by atoms with Crippen molar-refractivity contribution in [3.63, 3.8) is 0 Å². The number of rotatable bonds is 2. The van der Waals surface area contributed by atoms with Gasteiger partial charge in [-0.3, -0.25) is 0 Å². The van der Waals surface area contributed by atoms with E-state index in [4.69, 9.17) is 11.6 Å². The first-order valence-corrected chi connectivity index (χ1v) is 4.79. The van der Waals surface area contributed by atoms with Crippen molar-refractivity contribution in [2.45, 2.75) is 25.6 Å². The van der Waals surface area contributed by atoms with Gasteiger partial charge in [-0.2, -0.15) is 13.2 Å². The van der Waals surface area contributed by atoms with Crippen molar-refractivity contribution >= 4 is 11.6 Å². The third-order valence-electron chi connectivity index (χ3n) is 2.08. The van der Waals surface area contributed by atoms with Crippen LogP contribution in [0.2, 0.25) is 5.02 Å². The average Bonchev–Trinajstić information content (AvgIpc) is 2.15. The molecule has 0 aliphatic heterocycles. The van der Waals surface area contributed by atoms with Crippen molar-refractivity contribution in [2.75, 3.05) is 0 Å². The van der Waals surface area contributed by atoms with Gasteiger partial charge in [-0.15, -0.1) is 0 Å². The summed E-state index contributed by atoms with van der Waals surface area (Å²) in [4.78, 5) is 0. The highest BCUT2D eigenvalue weighted by atomic mass is 35.5. The van der Waals surface area contributed by atoms with E-state index in [0.29, 0.717) is 6.42 Å². The van der Waals surface area contributed by atoms with Crippen LogP contribution < -0.4 is 0 Å². The van der Waals surface area contributed by atoms with Gasteiger partial charge in [0.1, 0.15) is 0 Å². The lowest BCUT2D eigenvalue weighted by atomic mass is 10.0. The molecule has 0 aliphatic carbocycles. The van der Waals surface area contributed by atoms with Crippen molar-refractivity contribution in [1.82, 2.24) is 0 Å². The van der Waals surface area contributed by atoms with Crippen LogP contribution in [0.5, 0.6) is 0 Å². The van der Waals surface area contributed by atoms with Gasteiger partial charge in [-0.1, -0.05) is 30.7 Å². The molecule has 0 amide bonds. The predicted molar refractivity (Wildman–Crippen MR) is 51.7 cm³/mol. The smallest absolute Gasteiger partial charge is 0.388 e. The number of benzene rings is 1. The zero-order valence-electron chi connectivity index (χ0n) is 7.98. The molecule has 0 spiro atoms. The van der Waals surface area contributed by atoms with Crippen molar-refractivity contribution in [1.29, 1.82) is 0 Å². The number of halogens is 4. The molecule has 0 heterocycles. The Hall–Kier alpha value is -0.740. The molecular weight excluding hydrogens is 229 g/mol. The van der Waals surface area contributed by atoms with Crippen LogP contribution in [-0.2, 0) is 6.18 Å². The van der Waals surface area contributed by atoms with Gasteiger partial charge in [-0.05, 0) is 18.1 Å². The molecule has 0 saturated carbocycles. The monoisotopic (exact) mass is 238 g/mol. The Bertz CT molecular complexity index is 349. The molecule has 1 atom stereocenters. The molecule has 0 bridgehead atoms. The highest BCUT2D eigenvalue weighted by molar-refractivity contribution is 6.32. The molecule has 0 radical (unpaired) electrons. The molecule has 1 aromatic carbocycles. The first kappa shape index (κ1) is 12.3. The van der Waals surface area contributed by atoms with Crippen molar-refractivity contribution < 1.29 is 18.3 Å². The van der Waals surface area contributed by atoms with Gasteiger partial charge in [0.2, 0.25) is 0 Å². The van der Waals surface area contributed by atoms with Crippen LogP contribution in [0.25, 0.3) is 0 Å². The molecule has 1 unspecified atom stereocenters. The fraction of sp³-hybridized carbons (Fsp3) is 0.400. The Labute approximate surface area is 90.5 Å². The molecular formula is C10H10ClF3O. The second-order valence-electron chi connectivity index (χ2n) is 3.13. The van der Waals surface area contributed by atoms with Crippen LogP contribution in [0, 0.1) is 0 Å². The standard InChI is InChI=1S/C10H10ClF3O/c1-2-8(15)6-4-3-5-7(9(6)11)10(12,13)14/h3-5,8,15H,2H2,1H3. The molecule has 84 valence electrons. The van der Waals surface area contributed by atoms with E-state index in [0.717, 1.165) is 6.07 Å². The summed E-state index contributed by atoms with van der Waals surface area (Å²) in [6, 6.07) is 3.53. The number of hydrogen-bond donors (Lipinski definition) is 1. The second-order valence-corrected chi connectivity index (χ2v) is 3.51. The van der Waals surface area contributed by atoms with Crippen molar-refractivity contribution in [3.05, 3.63) is 34.3 Å². The van der Waals surface area contributed by atoms with Crippen LogP contribution in [0.15, 0.2) is 18.2 Å². The maximum atomic E-state index is 12.4. The van der Waals surface area contributed by atoms with E-state index >= 15 is 0 Å². The predicted octanol–water partition coefficient (Wildman–Crippen LogP) is 3.80. The van der Waals surface area contributed by atoms with E-state index in [1.165, 1.54) is 12.1 Å². The summed E-state index contributed by atoms with van der Waals surface area (Å²) in [5.41, 5.74) is -0.789. The van der Waals surface area contributed by atoms with Gasteiger partial charge in [-0.25, -0.2) is 0 Å². The molecule has 0 saturated heterocycles. The van der Waals surface area contributed by atoms with Crippen LogP contribution in [0.4, 0.5) is 13.2 Å². The first-order chi connectivity index (χ1) is 6.88. The SMILES string of the molecule is CCC(O)c1cccc(C(F)(F)F)c1Cl. The Morgan fingerprint density at radius 3 is 2.47 bits per heavy atom. The largest absolute Gasteiger partial charge is 0.417 e. The van der Waals surface area contributed by atoms with E-state index < -0.39 is 22.9 Å². The fourth-order valence-electron chi connectivity index (χ4n) is 1.25. The zero-order valence-corrected chi connectivity index (χ0v) is 8.73. The van der Waals surface area contributed by atoms with Crippen LogP contribution >= 0.6 is 11.6 Å². The number of aliphatic hydroxyl groups excluding tert-OH is 1. The van der Waals surface area contributed by atoms with E-state index in [2.05, 4.69) is 0 Å². The maximum Gasteiger partial charge on any atom is 0.417 e. The minimum Gasteiger partial charge on any atom is -0.388 e. The Morgan fingerprint density at radius 1 is 1.40 bits per heavy atom. The molecule has 15 heavy (non-hydrogen) atoms. The van der Waals surface area contributed by atoms with Gasteiger partial charge < -0.3 is 5.11 Å². The molecule has 0 aromatic heterocycles. The molecule has 1 nitrogen and oxygen atoms in total. The Kier molecular flexibility index (Phi) is 3.62. The lowest BCUT2D eigenvalue weighted by Gasteiger charge is -2.15. The topological polar surface area (TPSA) is 20.2 Å². The summed E-state index contributed by atoms with van der Waals surface area (Å²) in [6.45, 7) is 1.67. The van der Waals surface area contributed by atoms with Crippen LogP contribution in [0.1, 0.15) is 30.6 Å². The van der Waals surface area contributed by atoms with E-state index in [9.17, 15) is 18.3 Å². The van der Waals surface area contributed by atoms with Crippen molar-refractivity contribution in [2.24, 2.45) is 0 Å². The third-order valence-corrected chi connectivity index (χ3v) is 2.50. The fourth-order valence-corrected chi connectivity index (χ4v) is 1.61. The maximum absolute atomic E-state index is 12.4. The first-order valence-electron chi connectivity index (χ1n) is 4.41. The highest BCUT2D eigenvalue weighted by Gasteiger charge is 2.34. The molecule has 1 aromatic rings. The van der Waals surface area contributed by atoms with Gasteiger partial charge in [0.05, 0.1) is 16.7 Å². The average molecular weight is 239 g/mol. The summed E-state index contributed by atoms with van der Waals surface area (Å²) in [5, 5.41) is 9.03. The quantitative estimate of drug-likeness (QED) is 0.831. The Balaban J connectivity index is 3.23. The number of aliphatic hydroxyl groups is 1. The minimum atomic E-state index is -4.49. The van der Waals surface area contributed by atoms with Gasteiger partial charge >= 0.3 is 6.18 Å².